The highest BCUT2D eigenvalue weighted by molar-refractivity contribution is 5.60. The van der Waals surface area contributed by atoms with Gasteiger partial charge in [0.15, 0.2) is 0 Å². The number of ether oxygens (including phenoxy) is 2. The van der Waals surface area contributed by atoms with Crippen LogP contribution in [0, 0.1) is 5.92 Å². The van der Waals surface area contributed by atoms with E-state index in [1.807, 2.05) is 0 Å². The first-order valence-electron chi connectivity index (χ1n) is 5.97. The molecule has 0 bridgehead atoms. The second kappa shape index (κ2) is 7.12. The van der Waals surface area contributed by atoms with E-state index in [9.17, 15) is 4.79 Å². The fourth-order valence-corrected chi connectivity index (χ4v) is 2.09. The van der Waals surface area contributed by atoms with Crippen LogP contribution in [0.1, 0.15) is 32.1 Å². The molecule has 96 valence electrons. The van der Waals surface area contributed by atoms with Crippen molar-refractivity contribution in [3.05, 3.63) is 25.3 Å². The maximum Gasteiger partial charge on any atom is 0.511 e. The zero-order chi connectivity index (χ0) is 12.7. The van der Waals surface area contributed by atoms with Crippen molar-refractivity contribution >= 4 is 6.16 Å². The molecule has 0 aromatic carbocycles. The molecule has 0 aliphatic heterocycles. The van der Waals surface area contributed by atoms with Crippen LogP contribution >= 0.6 is 0 Å². The molecule has 2 unspecified atom stereocenters. The van der Waals surface area contributed by atoms with Gasteiger partial charge < -0.3 is 14.6 Å². The van der Waals surface area contributed by atoms with Gasteiger partial charge in [-0.2, -0.15) is 0 Å². The molecular formula is C13H20O4. The van der Waals surface area contributed by atoms with E-state index in [0.29, 0.717) is 5.92 Å². The minimum Gasteiger partial charge on any atom is -0.426 e. The molecule has 1 fully saturated rings. The van der Waals surface area contributed by atoms with Gasteiger partial charge >= 0.3 is 6.16 Å². The molecule has 1 aliphatic rings. The largest absolute Gasteiger partial charge is 0.511 e. The van der Waals surface area contributed by atoms with Crippen LogP contribution in [0.25, 0.3) is 0 Å². The highest BCUT2D eigenvalue weighted by atomic mass is 16.8. The summed E-state index contributed by atoms with van der Waals surface area (Å²) in [7, 11) is 0. The quantitative estimate of drug-likeness (QED) is 0.456. The van der Waals surface area contributed by atoms with Crippen LogP contribution in [-0.2, 0) is 9.47 Å². The van der Waals surface area contributed by atoms with Crippen LogP contribution in [0.5, 0.6) is 0 Å². The molecule has 1 saturated carbocycles. The third-order valence-electron chi connectivity index (χ3n) is 3.00. The molecule has 4 nitrogen and oxygen atoms in total. The van der Waals surface area contributed by atoms with E-state index in [0.717, 1.165) is 31.8 Å². The Bertz CT molecular complexity index is 269. The summed E-state index contributed by atoms with van der Waals surface area (Å²) in [5.41, 5.74) is 0. The van der Waals surface area contributed by atoms with Crippen molar-refractivity contribution in [1.82, 2.24) is 0 Å². The first-order chi connectivity index (χ1) is 8.17. The number of hydrogen-bond acceptors (Lipinski definition) is 4. The monoisotopic (exact) mass is 240 g/mol. The van der Waals surface area contributed by atoms with Crippen molar-refractivity contribution in [2.45, 2.75) is 44.5 Å². The lowest BCUT2D eigenvalue weighted by atomic mass is 9.85. The maximum absolute atomic E-state index is 11.3. The third-order valence-corrected chi connectivity index (χ3v) is 3.00. The van der Waals surface area contributed by atoms with Gasteiger partial charge in [-0.1, -0.05) is 38.5 Å². The molecule has 4 heteroatoms. The Morgan fingerprint density at radius 2 is 1.82 bits per heavy atom. The molecule has 0 heterocycles. The van der Waals surface area contributed by atoms with Crippen molar-refractivity contribution in [2.24, 2.45) is 5.92 Å². The fourth-order valence-electron chi connectivity index (χ4n) is 2.09. The Morgan fingerprint density at radius 1 is 1.18 bits per heavy atom. The van der Waals surface area contributed by atoms with Gasteiger partial charge in [0, 0.05) is 0 Å². The van der Waals surface area contributed by atoms with Crippen molar-refractivity contribution < 1.29 is 19.4 Å². The molecule has 0 radical (unpaired) electrons. The topological polar surface area (TPSA) is 55.8 Å². The van der Waals surface area contributed by atoms with E-state index in [1.54, 1.807) is 6.08 Å². The fraction of sp³-hybridized carbons (Fsp3) is 0.615. The van der Waals surface area contributed by atoms with Crippen LogP contribution in [0.2, 0.25) is 0 Å². The molecule has 17 heavy (non-hydrogen) atoms. The molecule has 0 amide bonds. The summed E-state index contributed by atoms with van der Waals surface area (Å²) < 4.78 is 9.68. The maximum atomic E-state index is 11.3. The van der Waals surface area contributed by atoms with E-state index >= 15 is 0 Å². The normalized spacial score (nSPS) is 20.1. The van der Waals surface area contributed by atoms with E-state index in [2.05, 4.69) is 17.9 Å². The predicted molar refractivity (Wildman–Crippen MR) is 64.3 cm³/mol. The van der Waals surface area contributed by atoms with Crippen LogP contribution in [-0.4, -0.2) is 23.7 Å². The van der Waals surface area contributed by atoms with E-state index < -0.39 is 12.4 Å². The average Bonchev–Trinajstić information content (AvgIpc) is 2.36. The summed E-state index contributed by atoms with van der Waals surface area (Å²) in [5, 5.41) is 9.06. The third kappa shape index (κ3) is 4.61. The van der Waals surface area contributed by atoms with Gasteiger partial charge in [-0.25, -0.2) is 4.79 Å². The lowest BCUT2D eigenvalue weighted by Crippen LogP contribution is -2.28. The van der Waals surface area contributed by atoms with E-state index in [4.69, 9.17) is 9.84 Å². The van der Waals surface area contributed by atoms with Crippen molar-refractivity contribution in [3.63, 3.8) is 0 Å². The smallest absolute Gasteiger partial charge is 0.426 e. The zero-order valence-electron chi connectivity index (χ0n) is 10.0. The van der Waals surface area contributed by atoms with Crippen molar-refractivity contribution in [1.29, 1.82) is 0 Å². The number of carbonyl (C=O) groups excluding carboxylic acids is 1. The number of rotatable bonds is 5. The molecule has 0 aromatic heterocycles. The highest BCUT2D eigenvalue weighted by Gasteiger charge is 2.25. The van der Waals surface area contributed by atoms with Gasteiger partial charge in [0.1, 0.15) is 6.10 Å². The Hall–Kier alpha value is -1.29. The molecule has 0 saturated heterocycles. The Kier molecular flexibility index (Phi) is 5.77. The predicted octanol–water partition coefficient (Wildman–Crippen LogP) is 2.78. The SMILES string of the molecule is C=CC(O)OC(=O)OC(C=C)C1CCCCC1. The molecule has 1 rings (SSSR count). The van der Waals surface area contributed by atoms with Crippen LogP contribution < -0.4 is 0 Å². The Labute approximate surface area is 102 Å². The van der Waals surface area contributed by atoms with Crippen LogP contribution in [0.4, 0.5) is 4.79 Å². The molecular weight excluding hydrogens is 220 g/mol. The zero-order valence-corrected chi connectivity index (χ0v) is 10.0. The summed E-state index contributed by atoms with van der Waals surface area (Å²) in [4.78, 5) is 11.3. The highest BCUT2D eigenvalue weighted by Crippen LogP contribution is 2.28. The molecule has 0 aromatic rings. The second-order valence-electron chi connectivity index (χ2n) is 4.21. The summed E-state index contributed by atoms with van der Waals surface area (Å²) in [6, 6.07) is 0. The van der Waals surface area contributed by atoms with Gasteiger partial charge in [-0.15, -0.1) is 0 Å². The van der Waals surface area contributed by atoms with Crippen molar-refractivity contribution in [2.75, 3.05) is 0 Å². The molecule has 2 atom stereocenters. The summed E-state index contributed by atoms with van der Waals surface area (Å²) in [5.74, 6) is 0.315. The van der Waals surface area contributed by atoms with Gasteiger partial charge in [0.05, 0.1) is 0 Å². The Balaban J connectivity index is 2.42. The summed E-state index contributed by atoms with van der Waals surface area (Å²) >= 11 is 0. The standard InChI is InChI=1S/C13H20O4/c1-3-11(10-8-6-5-7-9-10)16-13(15)17-12(14)4-2/h3-4,10-12,14H,1-2,5-9H2. The Morgan fingerprint density at radius 3 is 2.35 bits per heavy atom. The average molecular weight is 240 g/mol. The van der Waals surface area contributed by atoms with E-state index in [1.165, 1.54) is 6.42 Å². The number of hydrogen-bond donors (Lipinski definition) is 1. The number of aliphatic hydroxyl groups is 1. The van der Waals surface area contributed by atoms with Gasteiger partial charge in [-0.3, -0.25) is 0 Å². The van der Waals surface area contributed by atoms with Gasteiger partial charge in [0.2, 0.25) is 6.29 Å². The first kappa shape index (κ1) is 13.8. The minimum absolute atomic E-state index is 0.315. The van der Waals surface area contributed by atoms with Crippen molar-refractivity contribution in [3.8, 4) is 0 Å². The summed E-state index contributed by atoms with van der Waals surface area (Å²) in [6.45, 7) is 6.97. The lowest BCUT2D eigenvalue weighted by molar-refractivity contribution is -0.0647. The van der Waals surface area contributed by atoms with Crippen LogP contribution in [0.15, 0.2) is 25.3 Å². The molecule has 1 N–H and O–H groups in total. The lowest BCUT2D eigenvalue weighted by Gasteiger charge is -2.27. The summed E-state index contributed by atoms with van der Waals surface area (Å²) in [6.07, 6.45) is 5.82. The molecule has 0 spiro atoms. The van der Waals surface area contributed by atoms with Gasteiger partial charge in [0.25, 0.3) is 0 Å². The number of carbonyl (C=O) groups is 1. The van der Waals surface area contributed by atoms with Gasteiger partial charge in [-0.05, 0) is 24.8 Å². The van der Waals surface area contributed by atoms with Crippen LogP contribution in [0.3, 0.4) is 0 Å². The first-order valence-corrected chi connectivity index (χ1v) is 5.97. The minimum atomic E-state index is -1.32. The second-order valence-corrected chi connectivity index (χ2v) is 4.21. The van der Waals surface area contributed by atoms with E-state index in [-0.39, 0.29) is 6.10 Å². The molecule has 1 aliphatic carbocycles. The number of aliphatic hydroxyl groups excluding tert-OH is 1.